The van der Waals surface area contributed by atoms with Gasteiger partial charge in [0.2, 0.25) is 5.88 Å². The van der Waals surface area contributed by atoms with Gasteiger partial charge in [0.1, 0.15) is 11.9 Å². The number of fused-ring (bicyclic) bond motifs is 2. The number of methoxy groups -OCH3 is 1. The fraction of sp³-hybridized carbons (Fsp3) is 0.333. The highest BCUT2D eigenvalue weighted by Crippen LogP contribution is 2.41. The van der Waals surface area contributed by atoms with Crippen LogP contribution in [0.15, 0.2) is 55.0 Å². The highest BCUT2D eigenvalue weighted by molar-refractivity contribution is 6.00. The molecule has 1 saturated carbocycles. The maximum Gasteiger partial charge on any atom is 0.417 e. The second-order valence-corrected chi connectivity index (χ2v) is 8.39. The minimum Gasteiger partial charge on any atom is -0.497 e. The monoisotopic (exact) mass is 470 g/mol. The van der Waals surface area contributed by atoms with Crippen LogP contribution in [-0.4, -0.2) is 51.6 Å². The molecule has 5 rings (SSSR count). The molecule has 2 fully saturated rings. The molecular formula is C24H21F3N4O3. The standard InChI is InChI=1S/C24H21F3N4O3/c1-33-16-4-5-17(18(11-16)22-28-7-2-8-29-22)23(32)31-13-14-9-19(31)20(10-14)34-21-6-3-15(12-30-21)24(25,26)27/h2-8,11-12,14,19-20H,9-10,13H2,1H3/t14?,19?,20-/m0/s1. The van der Waals surface area contributed by atoms with Gasteiger partial charge in [-0.15, -0.1) is 0 Å². The number of hydrogen-bond acceptors (Lipinski definition) is 6. The Morgan fingerprint density at radius 2 is 1.88 bits per heavy atom. The predicted molar refractivity (Wildman–Crippen MR) is 115 cm³/mol. The lowest BCUT2D eigenvalue weighted by atomic mass is 10.0. The summed E-state index contributed by atoms with van der Waals surface area (Å²) in [7, 11) is 1.54. The van der Waals surface area contributed by atoms with Gasteiger partial charge >= 0.3 is 6.18 Å². The molecule has 1 aromatic carbocycles. The zero-order valence-corrected chi connectivity index (χ0v) is 18.2. The molecule has 3 aromatic rings. The van der Waals surface area contributed by atoms with E-state index in [0.29, 0.717) is 35.7 Å². The summed E-state index contributed by atoms with van der Waals surface area (Å²) in [4.78, 5) is 27.8. The molecule has 2 unspecified atom stereocenters. The molecule has 2 aromatic heterocycles. The van der Waals surface area contributed by atoms with Crippen molar-refractivity contribution in [3.8, 4) is 23.0 Å². The SMILES string of the molecule is COc1ccc(C(=O)N2CC3CC2[C@@H](Oc2ccc(C(F)(F)F)cn2)C3)c(-c2ncccn2)c1. The van der Waals surface area contributed by atoms with E-state index >= 15 is 0 Å². The van der Waals surface area contributed by atoms with E-state index in [9.17, 15) is 18.0 Å². The summed E-state index contributed by atoms with van der Waals surface area (Å²) in [6.45, 7) is 0.588. The van der Waals surface area contributed by atoms with Crippen molar-refractivity contribution in [3.05, 3.63) is 66.1 Å². The van der Waals surface area contributed by atoms with Crippen LogP contribution < -0.4 is 9.47 Å². The summed E-state index contributed by atoms with van der Waals surface area (Å²) in [5.41, 5.74) is 0.181. The summed E-state index contributed by atoms with van der Waals surface area (Å²) in [5.74, 6) is 1.18. The first-order valence-corrected chi connectivity index (χ1v) is 10.8. The van der Waals surface area contributed by atoms with Crippen LogP contribution in [0, 0.1) is 5.92 Å². The molecule has 0 radical (unpaired) electrons. The second kappa shape index (κ2) is 8.58. The van der Waals surface area contributed by atoms with Gasteiger partial charge in [0.25, 0.3) is 5.91 Å². The number of alkyl halides is 3. The number of carbonyl (C=O) groups excluding carboxylic acids is 1. The number of benzene rings is 1. The van der Waals surface area contributed by atoms with Crippen molar-refractivity contribution in [1.82, 2.24) is 19.9 Å². The second-order valence-electron chi connectivity index (χ2n) is 8.39. The van der Waals surface area contributed by atoms with Gasteiger partial charge in [0, 0.05) is 36.8 Å². The van der Waals surface area contributed by atoms with Crippen LogP contribution in [0.5, 0.6) is 11.6 Å². The van der Waals surface area contributed by atoms with E-state index in [1.54, 1.807) is 48.7 Å². The minimum absolute atomic E-state index is 0.112. The number of pyridine rings is 1. The molecule has 34 heavy (non-hydrogen) atoms. The zero-order chi connectivity index (χ0) is 23.9. The van der Waals surface area contributed by atoms with Crippen LogP contribution in [-0.2, 0) is 6.18 Å². The Balaban J connectivity index is 1.38. The fourth-order valence-electron chi connectivity index (χ4n) is 4.71. The van der Waals surface area contributed by atoms with Crippen LogP contribution in [0.25, 0.3) is 11.4 Å². The van der Waals surface area contributed by atoms with E-state index in [-0.39, 0.29) is 29.9 Å². The van der Waals surface area contributed by atoms with Crippen molar-refractivity contribution >= 4 is 5.91 Å². The number of aromatic nitrogens is 3. The Kier molecular flexibility index (Phi) is 5.59. The fourth-order valence-corrected chi connectivity index (χ4v) is 4.71. The van der Waals surface area contributed by atoms with E-state index in [1.165, 1.54) is 6.07 Å². The number of amides is 1. The normalized spacial score (nSPS) is 21.5. The number of rotatable bonds is 5. The van der Waals surface area contributed by atoms with E-state index in [2.05, 4.69) is 15.0 Å². The molecular weight excluding hydrogens is 449 g/mol. The summed E-state index contributed by atoms with van der Waals surface area (Å²) in [6.07, 6.45) is 0.651. The average molecular weight is 470 g/mol. The molecule has 2 aliphatic rings. The molecule has 1 amide bonds. The predicted octanol–water partition coefficient (Wildman–Crippen LogP) is 4.25. The van der Waals surface area contributed by atoms with E-state index in [1.807, 2.05) is 0 Å². The summed E-state index contributed by atoms with van der Waals surface area (Å²) in [6, 6.07) is 8.81. The lowest BCUT2D eigenvalue weighted by Gasteiger charge is -2.33. The van der Waals surface area contributed by atoms with Gasteiger partial charge in [0.15, 0.2) is 5.82 Å². The molecule has 10 heteroatoms. The number of nitrogens with zero attached hydrogens (tertiary/aromatic N) is 4. The number of carbonyl (C=O) groups is 1. The zero-order valence-electron chi connectivity index (χ0n) is 18.2. The molecule has 0 N–H and O–H groups in total. The van der Waals surface area contributed by atoms with Gasteiger partial charge in [-0.3, -0.25) is 4.79 Å². The van der Waals surface area contributed by atoms with Crippen molar-refractivity contribution in [2.45, 2.75) is 31.2 Å². The Bertz CT molecular complexity index is 1190. The van der Waals surface area contributed by atoms with Gasteiger partial charge in [-0.2, -0.15) is 13.2 Å². The molecule has 2 bridgehead atoms. The number of ether oxygens (including phenoxy) is 2. The number of likely N-dealkylation sites (tertiary alicyclic amines) is 1. The van der Waals surface area contributed by atoms with Gasteiger partial charge < -0.3 is 14.4 Å². The largest absolute Gasteiger partial charge is 0.497 e. The summed E-state index contributed by atoms with van der Waals surface area (Å²) in [5, 5.41) is 0. The van der Waals surface area contributed by atoms with Crippen LogP contribution in [0.1, 0.15) is 28.8 Å². The van der Waals surface area contributed by atoms with Crippen LogP contribution in [0.4, 0.5) is 13.2 Å². The van der Waals surface area contributed by atoms with Gasteiger partial charge in [-0.1, -0.05) is 0 Å². The van der Waals surface area contributed by atoms with Crippen molar-refractivity contribution in [2.24, 2.45) is 5.92 Å². The molecule has 1 saturated heterocycles. The Hall–Kier alpha value is -3.69. The molecule has 1 aliphatic heterocycles. The molecule has 1 aliphatic carbocycles. The maximum absolute atomic E-state index is 13.6. The van der Waals surface area contributed by atoms with Crippen molar-refractivity contribution in [3.63, 3.8) is 0 Å². The Labute approximate surface area is 193 Å². The smallest absolute Gasteiger partial charge is 0.417 e. The van der Waals surface area contributed by atoms with Crippen molar-refractivity contribution in [2.75, 3.05) is 13.7 Å². The Morgan fingerprint density at radius 3 is 2.53 bits per heavy atom. The lowest BCUT2D eigenvalue weighted by Crippen LogP contribution is -2.47. The van der Waals surface area contributed by atoms with Gasteiger partial charge in [0.05, 0.1) is 24.3 Å². The molecule has 0 spiro atoms. The first kappa shape index (κ1) is 22.1. The topological polar surface area (TPSA) is 77.4 Å². The quantitative estimate of drug-likeness (QED) is 0.555. The van der Waals surface area contributed by atoms with Crippen molar-refractivity contribution < 1.29 is 27.4 Å². The average Bonchev–Trinajstić information content (AvgIpc) is 3.44. The lowest BCUT2D eigenvalue weighted by molar-refractivity contribution is -0.137. The van der Waals surface area contributed by atoms with Gasteiger partial charge in [-0.25, -0.2) is 15.0 Å². The first-order valence-electron chi connectivity index (χ1n) is 10.8. The third-order valence-electron chi connectivity index (χ3n) is 6.29. The molecule has 7 nitrogen and oxygen atoms in total. The highest BCUT2D eigenvalue weighted by atomic mass is 19.4. The van der Waals surface area contributed by atoms with Crippen LogP contribution in [0.3, 0.4) is 0 Å². The van der Waals surface area contributed by atoms with Gasteiger partial charge in [-0.05, 0) is 49.1 Å². The van der Waals surface area contributed by atoms with Crippen LogP contribution in [0.2, 0.25) is 0 Å². The number of piperidine rings is 1. The van der Waals surface area contributed by atoms with Crippen molar-refractivity contribution in [1.29, 1.82) is 0 Å². The summed E-state index contributed by atoms with van der Waals surface area (Å²) < 4.78 is 49.7. The third kappa shape index (κ3) is 4.15. The molecule has 3 atom stereocenters. The molecule has 3 heterocycles. The van der Waals surface area contributed by atoms with E-state index < -0.39 is 11.7 Å². The number of halogens is 3. The Morgan fingerprint density at radius 1 is 1.09 bits per heavy atom. The molecule has 176 valence electrons. The third-order valence-corrected chi connectivity index (χ3v) is 6.29. The van der Waals surface area contributed by atoms with Crippen LogP contribution >= 0.6 is 0 Å². The summed E-state index contributed by atoms with van der Waals surface area (Å²) >= 11 is 0. The number of hydrogen-bond donors (Lipinski definition) is 0. The maximum atomic E-state index is 13.6. The highest BCUT2D eigenvalue weighted by Gasteiger charge is 2.48. The minimum atomic E-state index is -4.46. The first-order chi connectivity index (χ1) is 16.3. The van der Waals surface area contributed by atoms with E-state index in [0.717, 1.165) is 18.7 Å². The van der Waals surface area contributed by atoms with E-state index in [4.69, 9.17) is 9.47 Å².